The van der Waals surface area contributed by atoms with Crippen LogP contribution in [0.25, 0.3) is 0 Å². The molecule has 1 aliphatic heterocycles. The van der Waals surface area contributed by atoms with Gasteiger partial charge < -0.3 is 19.2 Å². The van der Waals surface area contributed by atoms with Crippen LogP contribution in [0.15, 0.2) is 15.2 Å². The van der Waals surface area contributed by atoms with Crippen LogP contribution in [0.3, 0.4) is 0 Å². The number of ether oxygens (including phenoxy) is 1. The zero-order valence-corrected chi connectivity index (χ0v) is 12.9. The van der Waals surface area contributed by atoms with E-state index in [0.717, 1.165) is 0 Å². The summed E-state index contributed by atoms with van der Waals surface area (Å²) in [6, 6.07) is 1.56. The molecule has 0 bridgehead atoms. The molecule has 0 radical (unpaired) electrons. The van der Waals surface area contributed by atoms with Gasteiger partial charge in [0.05, 0.1) is 12.2 Å². The molecule has 1 amide bonds. The molecule has 1 saturated heterocycles. The molecule has 6 nitrogen and oxygen atoms in total. The third-order valence-corrected chi connectivity index (χ3v) is 4.02. The number of nitrogens with zero attached hydrogens (tertiary/aromatic N) is 1. The van der Waals surface area contributed by atoms with Crippen LogP contribution in [0.4, 0.5) is 0 Å². The monoisotopic (exact) mass is 345 g/mol. The highest BCUT2D eigenvalue weighted by molar-refractivity contribution is 9.10. The summed E-state index contributed by atoms with van der Waals surface area (Å²) in [6.07, 6.45) is 1.03. The Morgan fingerprint density at radius 3 is 2.80 bits per heavy atom. The SMILES string of the molecule is COCC1(C(=O)O)CCCN1C(=O)c1cc(Br)oc1C. The van der Waals surface area contributed by atoms with Crippen LogP contribution in [0.5, 0.6) is 0 Å². The van der Waals surface area contributed by atoms with Gasteiger partial charge in [-0.15, -0.1) is 0 Å². The third kappa shape index (κ3) is 2.35. The largest absolute Gasteiger partial charge is 0.479 e. The number of carbonyl (C=O) groups excluding carboxylic acids is 1. The van der Waals surface area contributed by atoms with Crippen LogP contribution in [0, 0.1) is 6.92 Å². The Kier molecular flexibility index (Phi) is 4.19. The highest BCUT2D eigenvalue weighted by Gasteiger charge is 2.50. The van der Waals surface area contributed by atoms with Crippen molar-refractivity contribution in [3.8, 4) is 0 Å². The number of aliphatic carboxylic acids is 1. The molecule has 2 rings (SSSR count). The molecule has 20 heavy (non-hydrogen) atoms. The van der Waals surface area contributed by atoms with Crippen molar-refractivity contribution in [1.82, 2.24) is 4.90 Å². The Balaban J connectivity index is 2.37. The van der Waals surface area contributed by atoms with Gasteiger partial charge in [-0.05, 0) is 35.7 Å². The number of rotatable bonds is 4. The molecule has 0 aliphatic carbocycles. The standard InChI is InChI=1S/C13H16BrNO5/c1-8-9(6-10(14)20-8)11(16)15-5-3-4-13(15,7-19-2)12(17)18/h6H,3-5,7H2,1-2H3,(H,17,18). The van der Waals surface area contributed by atoms with E-state index in [0.29, 0.717) is 35.4 Å². The zero-order chi connectivity index (χ0) is 14.9. The molecule has 1 fully saturated rings. The summed E-state index contributed by atoms with van der Waals surface area (Å²) in [4.78, 5) is 25.6. The topological polar surface area (TPSA) is 80.0 Å². The molecule has 7 heteroatoms. The Hall–Kier alpha value is -1.34. The molecule has 2 heterocycles. The van der Waals surface area contributed by atoms with E-state index in [4.69, 9.17) is 9.15 Å². The summed E-state index contributed by atoms with van der Waals surface area (Å²) in [5, 5.41) is 9.53. The van der Waals surface area contributed by atoms with Crippen molar-refractivity contribution in [3.63, 3.8) is 0 Å². The second kappa shape index (κ2) is 5.57. The molecule has 1 atom stereocenters. The number of carboxylic acid groups (broad SMARTS) is 1. The van der Waals surface area contributed by atoms with Gasteiger partial charge >= 0.3 is 5.97 Å². The van der Waals surface area contributed by atoms with E-state index >= 15 is 0 Å². The maximum absolute atomic E-state index is 12.6. The van der Waals surface area contributed by atoms with Crippen LogP contribution in [-0.4, -0.2) is 47.7 Å². The molecular weight excluding hydrogens is 330 g/mol. The van der Waals surface area contributed by atoms with Crippen molar-refractivity contribution in [2.75, 3.05) is 20.3 Å². The van der Waals surface area contributed by atoms with E-state index in [9.17, 15) is 14.7 Å². The molecule has 0 spiro atoms. The van der Waals surface area contributed by atoms with Gasteiger partial charge in [0.25, 0.3) is 5.91 Å². The number of aryl methyl sites for hydroxylation is 1. The normalized spacial score (nSPS) is 22.2. The van der Waals surface area contributed by atoms with E-state index in [-0.39, 0.29) is 12.5 Å². The van der Waals surface area contributed by atoms with Crippen molar-refractivity contribution in [1.29, 1.82) is 0 Å². The lowest BCUT2D eigenvalue weighted by atomic mass is 9.96. The number of halogens is 1. The van der Waals surface area contributed by atoms with Crippen LogP contribution in [0.2, 0.25) is 0 Å². The van der Waals surface area contributed by atoms with Crippen molar-refractivity contribution in [2.45, 2.75) is 25.3 Å². The molecule has 0 aromatic carbocycles. The summed E-state index contributed by atoms with van der Waals surface area (Å²) >= 11 is 3.17. The van der Waals surface area contributed by atoms with Crippen molar-refractivity contribution >= 4 is 27.8 Å². The number of methoxy groups -OCH3 is 1. The van der Waals surface area contributed by atoms with Crippen LogP contribution < -0.4 is 0 Å². The zero-order valence-electron chi connectivity index (χ0n) is 11.3. The number of furan rings is 1. The third-order valence-electron chi connectivity index (χ3n) is 3.63. The Labute approximate surface area is 124 Å². The molecule has 0 saturated carbocycles. The first kappa shape index (κ1) is 15.1. The minimum absolute atomic E-state index is 0.0217. The van der Waals surface area contributed by atoms with Crippen molar-refractivity contribution in [3.05, 3.63) is 22.1 Å². The first-order chi connectivity index (χ1) is 9.42. The number of amides is 1. The Morgan fingerprint density at radius 1 is 1.60 bits per heavy atom. The summed E-state index contributed by atoms with van der Waals surface area (Å²) in [5.74, 6) is -0.912. The average molecular weight is 346 g/mol. The fraction of sp³-hybridized carbons (Fsp3) is 0.538. The van der Waals surface area contributed by atoms with Gasteiger partial charge in [0.15, 0.2) is 10.2 Å². The molecule has 110 valence electrons. The lowest BCUT2D eigenvalue weighted by Gasteiger charge is -2.33. The van der Waals surface area contributed by atoms with E-state index in [2.05, 4.69) is 15.9 Å². The van der Waals surface area contributed by atoms with E-state index in [1.54, 1.807) is 13.0 Å². The molecule has 1 unspecified atom stereocenters. The van der Waals surface area contributed by atoms with Crippen molar-refractivity contribution < 1.29 is 23.8 Å². The molecule has 1 aliphatic rings. The second-order valence-electron chi connectivity index (χ2n) is 4.85. The minimum atomic E-state index is -1.29. The summed E-state index contributed by atoms with van der Waals surface area (Å²) in [7, 11) is 1.44. The van der Waals surface area contributed by atoms with E-state index in [1.807, 2.05) is 0 Å². The lowest BCUT2D eigenvalue weighted by Crippen LogP contribution is -2.56. The van der Waals surface area contributed by atoms with E-state index < -0.39 is 11.5 Å². The average Bonchev–Trinajstić information content (AvgIpc) is 2.93. The second-order valence-corrected chi connectivity index (χ2v) is 5.63. The fourth-order valence-electron chi connectivity index (χ4n) is 2.65. The maximum Gasteiger partial charge on any atom is 0.332 e. The predicted molar refractivity (Wildman–Crippen MR) is 73.7 cm³/mol. The maximum atomic E-state index is 12.6. The summed E-state index contributed by atoms with van der Waals surface area (Å²) < 4.78 is 10.8. The van der Waals surface area contributed by atoms with Gasteiger partial charge in [0.2, 0.25) is 0 Å². The van der Waals surface area contributed by atoms with Gasteiger partial charge in [0.1, 0.15) is 5.76 Å². The quantitative estimate of drug-likeness (QED) is 0.903. The predicted octanol–water partition coefficient (Wildman–Crippen LogP) is 2.06. The Morgan fingerprint density at radius 2 is 2.30 bits per heavy atom. The molecule has 1 N–H and O–H groups in total. The van der Waals surface area contributed by atoms with Crippen LogP contribution in [0.1, 0.15) is 29.0 Å². The molecular formula is C13H16BrNO5. The number of likely N-dealkylation sites (tertiary alicyclic amines) is 1. The summed E-state index contributed by atoms with van der Waals surface area (Å²) in [6.45, 7) is 2.05. The van der Waals surface area contributed by atoms with Gasteiger partial charge in [-0.2, -0.15) is 0 Å². The lowest BCUT2D eigenvalue weighted by molar-refractivity contribution is -0.151. The fourth-order valence-corrected chi connectivity index (χ4v) is 3.12. The first-order valence-electron chi connectivity index (χ1n) is 6.22. The van der Waals surface area contributed by atoms with Gasteiger partial charge in [-0.1, -0.05) is 0 Å². The van der Waals surface area contributed by atoms with Gasteiger partial charge in [-0.3, -0.25) is 4.79 Å². The smallest absolute Gasteiger partial charge is 0.332 e. The van der Waals surface area contributed by atoms with Crippen LogP contribution >= 0.6 is 15.9 Å². The van der Waals surface area contributed by atoms with Gasteiger partial charge in [-0.25, -0.2) is 4.79 Å². The number of carbonyl (C=O) groups is 2. The van der Waals surface area contributed by atoms with Crippen molar-refractivity contribution in [2.24, 2.45) is 0 Å². The van der Waals surface area contributed by atoms with Gasteiger partial charge in [0, 0.05) is 19.7 Å². The molecule has 1 aromatic rings. The summed E-state index contributed by atoms with van der Waals surface area (Å²) in [5.41, 5.74) is -0.914. The Bertz CT molecular complexity index is 541. The first-order valence-corrected chi connectivity index (χ1v) is 7.02. The number of hydrogen-bond donors (Lipinski definition) is 1. The van der Waals surface area contributed by atoms with E-state index in [1.165, 1.54) is 12.0 Å². The van der Waals surface area contributed by atoms with Crippen LogP contribution in [-0.2, 0) is 9.53 Å². The molecule has 1 aromatic heterocycles. The number of hydrogen-bond acceptors (Lipinski definition) is 4. The highest BCUT2D eigenvalue weighted by atomic mass is 79.9. The minimum Gasteiger partial charge on any atom is -0.479 e. The highest BCUT2D eigenvalue weighted by Crippen LogP contribution is 2.33. The number of carboxylic acids is 1.